The van der Waals surface area contributed by atoms with E-state index in [4.69, 9.17) is 0 Å². The van der Waals surface area contributed by atoms with Gasteiger partial charge >= 0.3 is 0 Å². The highest BCUT2D eigenvalue weighted by Gasteiger charge is 2.22. The molecule has 0 aromatic heterocycles. The van der Waals surface area contributed by atoms with Crippen LogP contribution in [-0.4, -0.2) is 19.6 Å². The van der Waals surface area contributed by atoms with Crippen molar-refractivity contribution in [1.82, 2.24) is 5.32 Å². The monoisotopic (exact) mass is 334 g/mol. The molecule has 1 N–H and O–H groups in total. The summed E-state index contributed by atoms with van der Waals surface area (Å²) in [6, 6.07) is 15.6. The summed E-state index contributed by atoms with van der Waals surface area (Å²) in [5.41, 5.74) is 1.91. The van der Waals surface area contributed by atoms with Gasteiger partial charge in [-0.1, -0.05) is 46.3 Å². The summed E-state index contributed by atoms with van der Waals surface area (Å²) >= 11 is 3.41. The molecule has 0 saturated carbocycles. The molecule has 2 aromatic carbocycles. The van der Waals surface area contributed by atoms with Crippen molar-refractivity contribution in [3.63, 3.8) is 0 Å². The van der Waals surface area contributed by atoms with E-state index >= 15 is 0 Å². The van der Waals surface area contributed by atoms with Crippen LogP contribution in [0.4, 0.5) is 10.1 Å². The quantitative estimate of drug-likeness (QED) is 0.899. The lowest BCUT2D eigenvalue weighted by molar-refractivity contribution is 0.466. The van der Waals surface area contributed by atoms with E-state index in [1.54, 1.807) is 6.07 Å². The Hall–Kier alpha value is -1.39. The van der Waals surface area contributed by atoms with Gasteiger partial charge in [-0.3, -0.25) is 0 Å². The van der Waals surface area contributed by atoms with Crippen LogP contribution >= 0.6 is 15.9 Å². The molecule has 0 spiro atoms. The zero-order valence-electron chi connectivity index (χ0n) is 11.0. The molecule has 0 aliphatic carbocycles. The van der Waals surface area contributed by atoms with Gasteiger partial charge < -0.3 is 10.2 Å². The highest BCUT2D eigenvalue weighted by atomic mass is 79.9. The Bertz CT molecular complexity index is 588. The normalized spacial score (nSPS) is 19.1. The van der Waals surface area contributed by atoms with Crippen molar-refractivity contribution in [3.8, 4) is 0 Å². The topological polar surface area (TPSA) is 15.3 Å². The van der Waals surface area contributed by atoms with E-state index in [9.17, 15) is 4.39 Å². The molecule has 20 heavy (non-hydrogen) atoms. The molecule has 2 aromatic rings. The predicted molar refractivity (Wildman–Crippen MR) is 83.5 cm³/mol. The standard InChI is InChI=1S/C16H16BrFN2/c17-13-6-7-14(18)16(10-13)20-9-8-19-15(11-20)12-4-2-1-3-5-12/h1-7,10,15,19H,8-9,11H2. The van der Waals surface area contributed by atoms with Gasteiger partial charge in [-0.05, 0) is 23.8 Å². The van der Waals surface area contributed by atoms with Crippen LogP contribution < -0.4 is 10.2 Å². The third-order valence-electron chi connectivity index (χ3n) is 3.63. The fraction of sp³-hybridized carbons (Fsp3) is 0.250. The third-order valence-corrected chi connectivity index (χ3v) is 4.12. The van der Waals surface area contributed by atoms with Crippen LogP contribution in [-0.2, 0) is 0 Å². The molecule has 1 fully saturated rings. The Morgan fingerprint density at radius 2 is 1.95 bits per heavy atom. The highest BCUT2D eigenvalue weighted by molar-refractivity contribution is 9.10. The van der Waals surface area contributed by atoms with Crippen LogP contribution in [0.25, 0.3) is 0 Å². The van der Waals surface area contributed by atoms with Gasteiger partial charge in [0.1, 0.15) is 5.82 Å². The average Bonchev–Trinajstić information content (AvgIpc) is 2.51. The molecule has 104 valence electrons. The number of nitrogens with one attached hydrogen (secondary N) is 1. The predicted octanol–water partition coefficient (Wildman–Crippen LogP) is 3.74. The second-order valence-corrected chi connectivity index (χ2v) is 5.87. The van der Waals surface area contributed by atoms with Gasteiger partial charge in [0, 0.05) is 30.1 Å². The van der Waals surface area contributed by atoms with E-state index in [0.717, 1.165) is 24.1 Å². The first-order valence-corrected chi connectivity index (χ1v) is 7.51. The molecule has 3 rings (SSSR count). The first-order valence-electron chi connectivity index (χ1n) is 6.72. The van der Waals surface area contributed by atoms with Crippen molar-refractivity contribution in [1.29, 1.82) is 0 Å². The molecule has 1 heterocycles. The minimum atomic E-state index is -0.165. The second-order valence-electron chi connectivity index (χ2n) is 4.96. The lowest BCUT2D eigenvalue weighted by Gasteiger charge is -2.35. The van der Waals surface area contributed by atoms with Gasteiger partial charge in [0.15, 0.2) is 0 Å². The Labute approximate surface area is 126 Å². The minimum absolute atomic E-state index is 0.165. The van der Waals surface area contributed by atoms with Crippen LogP contribution in [0.3, 0.4) is 0 Å². The Morgan fingerprint density at radius 1 is 1.15 bits per heavy atom. The van der Waals surface area contributed by atoms with Crippen LogP contribution in [0.5, 0.6) is 0 Å². The van der Waals surface area contributed by atoms with E-state index < -0.39 is 0 Å². The Balaban J connectivity index is 1.83. The van der Waals surface area contributed by atoms with E-state index in [0.29, 0.717) is 5.69 Å². The molecule has 0 radical (unpaired) electrons. The van der Waals surface area contributed by atoms with E-state index in [1.807, 2.05) is 24.3 Å². The van der Waals surface area contributed by atoms with E-state index in [1.165, 1.54) is 11.6 Å². The zero-order chi connectivity index (χ0) is 13.9. The van der Waals surface area contributed by atoms with Crippen molar-refractivity contribution >= 4 is 21.6 Å². The smallest absolute Gasteiger partial charge is 0.146 e. The summed E-state index contributed by atoms with van der Waals surface area (Å²) in [6.07, 6.45) is 0. The van der Waals surface area contributed by atoms with Crippen molar-refractivity contribution in [2.45, 2.75) is 6.04 Å². The van der Waals surface area contributed by atoms with Crippen molar-refractivity contribution in [2.24, 2.45) is 0 Å². The lowest BCUT2D eigenvalue weighted by atomic mass is 10.0. The first-order chi connectivity index (χ1) is 9.74. The fourth-order valence-corrected chi connectivity index (χ4v) is 2.95. The maximum atomic E-state index is 14.0. The highest BCUT2D eigenvalue weighted by Crippen LogP contribution is 2.27. The van der Waals surface area contributed by atoms with Crippen molar-refractivity contribution in [2.75, 3.05) is 24.5 Å². The van der Waals surface area contributed by atoms with Crippen molar-refractivity contribution in [3.05, 3.63) is 64.4 Å². The van der Waals surface area contributed by atoms with Gasteiger partial charge in [0.2, 0.25) is 0 Å². The summed E-state index contributed by atoms with van der Waals surface area (Å²) < 4.78 is 14.9. The number of hydrogen-bond donors (Lipinski definition) is 1. The van der Waals surface area contributed by atoms with Crippen LogP contribution in [0.15, 0.2) is 53.0 Å². The summed E-state index contributed by atoms with van der Waals surface area (Å²) in [5.74, 6) is -0.165. The minimum Gasteiger partial charge on any atom is -0.366 e. The molecule has 1 atom stereocenters. The maximum Gasteiger partial charge on any atom is 0.146 e. The van der Waals surface area contributed by atoms with Crippen molar-refractivity contribution < 1.29 is 4.39 Å². The number of nitrogens with zero attached hydrogens (tertiary/aromatic N) is 1. The van der Waals surface area contributed by atoms with Gasteiger partial charge in [0.25, 0.3) is 0 Å². The van der Waals surface area contributed by atoms with Gasteiger partial charge in [-0.15, -0.1) is 0 Å². The number of rotatable bonds is 2. The summed E-state index contributed by atoms with van der Waals surface area (Å²) in [7, 11) is 0. The molecule has 1 unspecified atom stereocenters. The Kier molecular flexibility index (Phi) is 4.03. The largest absolute Gasteiger partial charge is 0.366 e. The molecule has 1 aliphatic rings. The molecule has 0 amide bonds. The second kappa shape index (κ2) is 5.94. The van der Waals surface area contributed by atoms with Crippen LogP contribution in [0.1, 0.15) is 11.6 Å². The van der Waals surface area contributed by atoms with E-state index in [-0.39, 0.29) is 11.9 Å². The fourth-order valence-electron chi connectivity index (χ4n) is 2.61. The summed E-state index contributed by atoms with van der Waals surface area (Å²) in [5, 5.41) is 3.49. The zero-order valence-corrected chi connectivity index (χ0v) is 12.6. The molecule has 0 bridgehead atoms. The molecule has 1 saturated heterocycles. The maximum absolute atomic E-state index is 14.0. The Morgan fingerprint density at radius 3 is 2.75 bits per heavy atom. The first kappa shape index (κ1) is 13.6. The molecule has 4 heteroatoms. The number of anilines is 1. The number of benzene rings is 2. The molecular weight excluding hydrogens is 319 g/mol. The number of halogens is 2. The summed E-state index contributed by atoms with van der Waals surface area (Å²) in [6.45, 7) is 2.44. The lowest BCUT2D eigenvalue weighted by Crippen LogP contribution is -2.46. The summed E-state index contributed by atoms with van der Waals surface area (Å²) in [4.78, 5) is 2.11. The van der Waals surface area contributed by atoms with Gasteiger partial charge in [-0.2, -0.15) is 0 Å². The molecular formula is C16H16BrFN2. The van der Waals surface area contributed by atoms with Gasteiger partial charge in [0.05, 0.1) is 5.69 Å². The number of piperazine rings is 1. The van der Waals surface area contributed by atoms with Crippen LogP contribution in [0, 0.1) is 5.82 Å². The number of hydrogen-bond acceptors (Lipinski definition) is 2. The average molecular weight is 335 g/mol. The molecule has 2 nitrogen and oxygen atoms in total. The van der Waals surface area contributed by atoms with Gasteiger partial charge in [-0.25, -0.2) is 4.39 Å². The third kappa shape index (κ3) is 2.86. The van der Waals surface area contributed by atoms with E-state index in [2.05, 4.69) is 38.3 Å². The molecule has 1 aliphatic heterocycles. The van der Waals surface area contributed by atoms with Crippen LogP contribution in [0.2, 0.25) is 0 Å². The SMILES string of the molecule is Fc1ccc(Br)cc1N1CCNC(c2ccccc2)C1.